The van der Waals surface area contributed by atoms with E-state index < -0.39 is 0 Å². The molecule has 0 spiro atoms. The number of benzene rings is 2. The molecule has 20 heavy (non-hydrogen) atoms. The molecule has 0 aliphatic rings. The van der Waals surface area contributed by atoms with E-state index in [1.54, 1.807) is 11.3 Å². The van der Waals surface area contributed by atoms with Crippen molar-refractivity contribution in [1.82, 2.24) is 0 Å². The number of fused-ring (bicyclic) bond motifs is 1. The van der Waals surface area contributed by atoms with E-state index in [2.05, 4.69) is 77.6 Å². The summed E-state index contributed by atoms with van der Waals surface area (Å²) in [7, 11) is 0. The molecule has 0 atom stereocenters. The first kappa shape index (κ1) is 12.9. The molecule has 0 aliphatic heterocycles. The number of hydrogen-bond acceptors (Lipinski definition) is 2. The molecule has 0 bridgehead atoms. The molecule has 0 fully saturated rings. The van der Waals surface area contributed by atoms with E-state index in [9.17, 15) is 0 Å². The van der Waals surface area contributed by atoms with E-state index in [4.69, 9.17) is 0 Å². The lowest BCUT2D eigenvalue weighted by atomic mass is 10.0. The highest BCUT2D eigenvalue weighted by Crippen LogP contribution is 2.20. The van der Waals surface area contributed by atoms with Gasteiger partial charge in [-0.15, -0.1) is 0 Å². The van der Waals surface area contributed by atoms with E-state index >= 15 is 0 Å². The normalized spacial score (nSPS) is 11.8. The van der Waals surface area contributed by atoms with Crippen LogP contribution in [0.1, 0.15) is 12.5 Å². The van der Waals surface area contributed by atoms with Crippen molar-refractivity contribution in [1.29, 1.82) is 0 Å². The topological polar surface area (TPSA) is 12.0 Å². The molecule has 0 saturated heterocycles. The Morgan fingerprint density at radius 2 is 1.95 bits per heavy atom. The van der Waals surface area contributed by atoms with Crippen LogP contribution in [0, 0.1) is 0 Å². The van der Waals surface area contributed by atoms with Crippen molar-refractivity contribution >= 4 is 27.8 Å². The molecular formula is C18H17NS. The fourth-order valence-corrected chi connectivity index (χ4v) is 2.94. The zero-order chi connectivity index (χ0) is 13.8. The summed E-state index contributed by atoms with van der Waals surface area (Å²) in [6.45, 7) is 2.11. The molecule has 2 aromatic carbocycles. The fraction of sp³-hybridized carbons (Fsp3) is 0.111. The molecule has 1 nitrogen and oxygen atoms in total. The first-order chi connectivity index (χ1) is 9.83. The quantitative estimate of drug-likeness (QED) is 0.668. The van der Waals surface area contributed by atoms with Gasteiger partial charge in [0, 0.05) is 16.8 Å². The molecular weight excluding hydrogens is 262 g/mol. The molecule has 1 aromatic heterocycles. The van der Waals surface area contributed by atoms with Crippen LogP contribution in [0.2, 0.25) is 0 Å². The molecule has 1 heterocycles. The Kier molecular flexibility index (Phi) is 3.84. The maximum atomic E-state index is 3.41. The molecule has 0 unspecified atom stereocenters. The molecule has 1 N–H and O–H groups in total. The third kappa shape index (κ3) is 2.91. The average molecular weight is 279 g/mol. The predicted molar refractivity (Wildman–Crippen MR) is 89.4 cm³/mol. The zero-order valence-electron chi connectivity index (χ0n) is 11.5. The minimum atomic E-state index is 0.949. The summed E-state index contributed by atoms with van der Waals surface area (Å²) in [5.74, 6) is 0. The maximum Gasteiger partial charge on any atom is 0.0490 e. The maximum absolute atomic E-state index is 3.41. The first-order valence-electron chi connectivity index (χ1n) is 6.75. The molecule has 3 aromatic rings. The highest BCUT2D eigenvalue weighted by atomic mass is 32.1. The predicted octanol–water partition coefficient (Wildman–Crippen LogP) is 5.46. The summed E-state index contributed by atoms with van der Waals surface area (Å²) in [6.07, 6.45) is 3.20. The summed E-state index contributed by atoms with van der Waals surface area (Å²) in [6, 6.07) is 17.2. The Morgan fingerprint density at radius 1 is 1.10 bits per heavy atom. The Balaban J connectivity index is 1.79. The van der Waals surface area contributed by atoms with Crippen LogP contribution in [-0.2, 0) is 6.42 Å². The van der Waals surface area contributed by atoms with Gasteiger partial charge in [0.1, 0.15) is 0 Å². The highest BCUT2D eigenvalue weighted by Gasteiger charge is 1.99. The second-order valence-corrected chi connectivity index (χ2v) is 5.65. The van der Waals surface area contributed by atoms with Crippen LogP contribution >= 0.6 is 11.3 Å². The smallest absolute Gasteiger partial charge is 0.0490 e. The van der Waals surface area contributed by atoms with Crippen LogP contribution in [0.4, 0.5) is 5.69 Å². The zero-order valence-corrected chi connectivity index (χ0v) is 12.3. The standard InChI is InChI=1S/C18H17NS/c1-14(19-17-11-12-20-13-17)9-10-16-7-4-6-15-5-2-3-8-18(15)16/h2-9,11-13,19H,10H2,1H3/b14-9+. The van der Waals surface area contributed by atoms with Crippen LogP contribution in [0.3, 0.4) is 0 Å². The minimum absolute atomic E-state index is 0.949. The van der Waals surface area contributed by atoms with Crippen molar-refractivity contribution in [3.63, 3.8) is 0 Å². The van der Waals surface area contributed by atoms with Crippen LogP contribution < -0.4 is 5.32 Å². The fourth-order valence-electron chi connectivity index (χ4n) is 2.35. The molecule has 100 valence electrons. The number of nitrogens with one attached hydrogen (secondary N) is 1. The van der Waals surface area contributed by atoms with Gasteiger partial charge >= 0.3 is 0 Å². The van der Waals surface area contributed by atoms with Crippen molar-refractivity contribution in [2.45, 2.75) is 13.3 Å². The van der Waals surface area contributed by atoms with Crippen molar-refractivity contribution < 1.29 is 0 Å². The van der Waals surface area contributed by atoms with Gasteiger partial charge < -0.3 is 5.32 Å². The summed E-state index contributed by atoms with van der Waals surface area (Å²) < 4.78 is 0. The number of allylic oxidation sites excluding steroid dienone is 2. The van der Waals surface area contributed by atoms with E-state index in [-0.39, 0.29) is 0 Å². The minimum Gasteiger partial charge on any atom is -0.359 e. The van der Waals surface area contributed by atoms with Crippen molar-refractivity contribution in [3.05, 3.63) is 76.6 Å². The summed E-state index contributed by atoms with van der Waals surface area (Å²) in [4.78, 5) is 0. The Morgan fingerprint density at radius 3 is 2.80 bits per heavy atom. The van der Waals surface area contributed by atoms with Gasteiger partial charge in [-0.1, -0.05) is 48.5 Å². The number of anilines is 1. The SMILES string of the molecule is C/C(=C\Cc1cccc2ccccc12)Nc1ccsc1. The van der Waals surface area contributed by atoms with E-state index in [0.29, 0.717) is 0 Å². The lowest BCUT2D eigenvalue weighted by Crippen LogP contribution is -1.95. The van der Waals surface area contributed by atoms with Crippen molar-refractivity contribution in [3.8, 4) is 0 Å². The number of rotatable bonds is 4. The van der Waals surface area contributed by atoms with Gasteiger partial charge in [-0.2, -0.15) is 11.3 Å². The molecule has 2 heteroatoms. The van der Waals surface area contributed by atoms with Crippen LogP contribution in [0.15, 0.2) is 71.1 Å². The number of thiophene rings is 1. The van der Waals surface area contributed by atoms with Crippen LogP contribution in [0.5, 0.6) is 0 Å². The van der Waals surface area contributed by atoms with Gasteiger partial charge in [-0.3, -0.25) is 0 Å². The molecule has 3 rings (SSSR count). The van der Waals surface area contributed by atoms with E-state index in [0.717, 1.165) is 6.42 Å². The van der Waals surface area contributed by atoms with Gasteiger partial charge in [0.25, 0.3) is 0 Å². The van der Waals surface area contributed by atoms with Crippen LogP contribution in [-0.4, -0.2) is 0 Å². The molecule has 0 aliphatic carbocycles. The van der Waals surface area contributed by atoms with Gasteiger partial charge in [0.05, 0.1) is 0 Å². The lowest BCUT2D eigenvalue weighted by molar-refractivity contribution is 1.23. The summed E-state index contributed by atoms with van der Waals surface area (Å²) in [5, 5.41) is 10.3. The van der Waals surface area contributed by atoms with E-state index in [1.807, 2.05) is 0 Å². The summed E-state index contributed by atoms with van der Waals surface area (Å²) >= 11 is 1.71. The van der Waals surface area contributed by atoms with Crippen molar-refractivity contribution in [2.24, 2.45) is 0 Å². The Labute approximate surface area is 123 Å². The van der Waals surface area contributed by atoms with Gasteiger partial charge in [0.15, 0.2) is 0 Å². The largest absolute Gasteiger partial charge is 0.359 e. The van der Waals surface area contributed by atoms with Gasteiger partial charge in [0.2, 0.25) is 0 Å². The average Bonchev–Trinajstić information content (AvgIpc) is 2.98. The lowest BCUT2D eigenvalue weighted by Gasteiger charge is -2.06. The first-order valence-corrected chi connectivity index (χ1v) is 7.70. The van der Waals surface area contributed by atoms with Crippen LogP contribution in [0.25, 0.3) is 10.8 Å². The third-order valence-electron chi connectivity index (χ3n) is 3.37. The second kappa shape index (κ2) is 5.93. The third-order valence-corrected chi connectivity index (χ3v) is 4.05. The van der Waals surface area contributed by atoms with Gasteiger partial charge in [-0.05, 0) is 41.1 Å². The highest BCUT2D eigenvalue weighted by molar-refractivity contribution is 7.08. The monoisotopic (exact) mass is 279 g/mol. The molecule has 0 amide bonds. The Hall–Kier alpha value is -2.06. The summed E-state index contributed by atoms with van der Waals surface area (Å²) in [5.41, 5.74) is 3.73. The van der Waals surface area contributed by atoms with E-state index in [1.165, 1.54) is 27.7 Å². The molecule has 0 saturated carbocycles. The second-order valence-electron chi connectivity index (χ2n) is 4.87. The molecule has 0 radical (unpaired) electrons. The Bertz CT molecular complexity index is 721. The number of hydrogen-bond donors (Lipinski definition) is 1. The van der Waals surface area contributed by atoms with Crippen molar-refractivity contribution in [2.75, 3.05) is 5.32 Å². The van der Waals surface area contributed by atoms with Gasteiger partial charge in [-0.25, -0.2) is 0 Å².